The second-order valence-corrected chi connectivity index (χ2v) is 5.29. The van der Waals surface area contributed by atoms with E-state index in [9.17, 15) is 4.79 Å². The third-order valence-electron chi connectivity index (χ3n) is 2.54. The lowest BCUT2D eigenvalue weighted by molar-refractivity contribution is -0.137. The van der Waals surface area contributed by atoms with E-state index in [0.29, 0.717) is 6.42 Å². The van der Waals surface area contributed by atoms with Crippen LogP contribution in [0.15, 0.2) is 0 Å². The Labute approximate surface area is 81.5 Å². The van der Waals surface area contributed by atoms with Crippen molar-refractivity contribution in [3.05, 3.63) is 0 Å². The Morgan fingerprint density at radius 3 is 2.42 bits per heavy atom. The molecule has 1 fully saturated rings. The molecule has 0 spiro atoms. The van der Waals surface area contributed by atoms with Crippen LogP contribution in [-0.4, -0.2) is 15.4 Å². The van der Waals surface area contributed by atoms with Crippen molar-refractivity contribution < 1.29 is 9.90 Å². The van der Waals surface area contributed by atoms with E-state index >= 15 is 0 Å². The summed E-state index contributed by atoms with van der Waals surface area (Å²) in [5.41, 5.74) is 0. The first-order valence-electron chi connectivity index (χ1n) is 4.53. The molecule has 12 heavy (non-hydrogen) atoms. The van der Waals surface area contributed by atoms with E-state index in [-0.39, 0.29) is 4.32 Å². The number of rotatable bonds is 3. The molecule has 0 aromatic rings. The molecule has 0 unspecified atom stereocenters. The van der Waals surface area contributed by atoms with E-state index in [1.165, 1.54) is 19.3 Å². The molecule has 1 saturated carbocycles. The molecular formula is C9H15BrO2. The van der Waals surface area contributed by atoms with Gasteiger partial charge in [0.2, 0.25) is 0 Å². The van der Waals surface area contributed by atoms with Crippen molar-refractivity contribution in [1.82, 2.24) is 0 Å². The fourth-order valence-electron chi connectivity index (χ4n) is 1.77. The highest BCUT2D eigenvalue weighted by atomic mass is 79.9. The second kappa shape index (κ2) is 4.26. The molecule has 0 amide bonds. The number of hydrogen-bond donors (Lipinski definition) is 1. The van der Waals surface area contributed by atoms with Crippen LogP contribution in [-0.2, 0) is 4.79 Å². The lowest BCUT2D eigenvalue weighted by Gasteiger charge is -2.30. The predicted octanol–water partition coefficient (Wildman–Crippen LogP) is 2.95. The Hall–Kier alpha value is -0.0500. The molecule has 0 heterocycles. The van der Waals surface area contributed by atoms with Gasteiger partial charge in [0.15, 0.2) is 0 Å². The Bertz CT molecular complexity index is 162. The van der Waals surface area contributed by atoms with Crippen LogP contribution in [0.3, 0.4) is 0 Å². The van der Waals surface area contributed by atoms with Gasteiger partial charge in [-0.05, 0) is 19.3 Å². The van der Waals surface area contributed by atoms with E-state index in [2.05, 4.69) is 15.9 Å². The van der Waals surface area contributed by atoms with Crippen LogP contribution in [0.1, 0.15) is 44.9 Å². The number of carbonyl (C=O) groups is 1. The number of alkyl halides is 1. The minimum Gasteiger partial charge on any atom is -0.481 e. The predicted molar refractivity (Wildman–Crippen MR) is 51.6 cm³/mol. The Kier molecular flexibility index (Phi) is 3.56. The van der Waals surface area contributed by atoms with Gasteiger partial charge >= 0.3 is 5.97 Å². The first-order chi connectivity index (χ1) is 5.62. The average Bonchev–Trinajstić information content (AvgIpc) is 2.03. The number of aliphatic carboxylic acids is 1. The molecule has 2 nitrogen and oxygen atoms in total. The average molecular weight is 235 g/mol. The van der Waals surface area contributed by atoms with Gasteiger partial charge in [0.25, 0.3) is 0 Å². The van der Waals surface area contributed by atoms with Crippen LogP contribution in [0, 0.1) is 0 Å². The molecule has 0 aromatic heterocycles. The molecule has 0 atom stereocenters. The fraction of sp³-hybridized carbons (Fsp3) is 0.889. The molecule has 3 heteroatoms. The molecular weight excluding hydrogens is 220 g/mol. The largest absolute Gasteiger partial charge is 0.481 e. The topological polar surface area (TPSA) is 37.3 Å². The standard InChI is InChI=1S/C9H15BrO2/c10-9(7-4-8(11)12)5-2-1-3-6-9/h1-7H2,(H,11,12). The summed E-state index contributed by atoms with van der Waals surface area (Å²) in [6.07, 6.45) is 7.14. The Morgan fingerprint density at radius 2 is 1.92 bits per heavy atom. The lowest BCUT2D eigenvalue weighted by Crippen LogP contribution is -2.24. The van der Waals surface area contributed by atoms with Crippen molar-refractivity contribution in [2.24, 2.45) is 0 Å². The molecule has 0 aliphatic heterocycles. The van der Waals surface area contributed by atoms with Gasteiger partial charge in [0.05, 0.1) is 0 Å². The van der Waals surface area contributed by atoms with E-state index in [1.54, 1.807) is 0 Å². The molecule has 0 bridgehead atoms. The van der Waals surface area contributed by atoms with Crippen LogP contribution in [0.25, 0.3) is 0 Å². The molecule has 1 aliphatic rings. The van der Waals surface area contributed by atoms with E-state index in [0.717, 1.165) is 19.3 Å². The van der Waals surface area contributed by atoms with Gasteiger partial charge in [-0.25, -0.2) is 0 Å². The quantitative estimate of drug-likeness (QED) is 0.763. The van der Waals surface area contributed by atoms with Crippen LogP contribution < -0.4 is 0 Å². The highest BCUT2D eigenvalue weighted by Crippen LogP contribution is 2.39. The van der Waals surface area contributed by atoms with Crippen molar-refractivity contribution in [2.45, 2.75) is 49.3 Å². The van der Waals surface area contributed by atoms with Gasteiger partial charge in [0.1, 0.15) is 0 Å². The summed E-state index contributed by atoms with van der Waals surface area (Å²) >= 11 is 3.66. The van der Waals surface area contributed by atoms with Crippen LogP contribution in [0.2, 0.25) is 0 Å². The minimum atomic E-state index is -0.681. The highest BCUT2D eigenvalue weighted by Gasteiger charge is 2.28. The summed E-state index contributed by atoms with van der Waals surface area (Å²) in [5, 5.41) is 8.54. The zero-order valence-corrected chi connectivity index (χ0v) is 8.77. The zero-order valence-electron chi connectivity index (χ0n) is 7.18. The van der Waals surface area contributed by atoms with Gasteiger partial charge < -0.3 is 5.11 Å². The Morgan fingerprint density at radius 1 is 1.33 bits per heavy atom. The molecule has 0 radical (unpaired) electrons. The lowest BCUT2D eigenvalue weighted by atomic mass is 9.86. The maximum Gasteiger partial charge on any atom is 0.303 e. The zero-order chi connectivity index (χ0) is 9.03. The second-order valence-electron chi connectivity index (χ2n) is 3.61. The first-order valence-corrected chi connectivity index (χ1v) is 5.32. The number of carboxylic acids is 1. The summed E-state index contributed by atoms with van der Waals surface area (Å²) in [5.74, 6) is -0.681. The molecule has 1 aliphatic carbocycles. The SMILES string of the molecule is O=C(O)CCC1(Br)CCCCC1. The van der Waals surface area contributed by atoms with Crippen molar-refractivity contribution in [2.75, 3.05) is 0 Å². The summed E-state index contributed by atoms with van der Waals surface area (Å²) < 4.78 is 0.143. The normalized spacial score (nSPS) is 22.1. The first kappa shape index (κ1) is 10.0. The minimum absolute atomic E-state index is 0.143. The number of carboxylic acid groups (broad SMARTS) is 1. The molecule has 0 aromatic carbocycles. The van der Waals surface area contributed by atoms with Gasteiger partial charge in [-0.15, -0.1) is 0 Å². The van der Waals surface area contributed by atoms with E-state index in [4.69, 9.17) is 5.11 Å². The van der Waals surface area contributed by atoms with E-state index in [1.807, 2.05) is 0 Å². The third-order valence-corrected chi connectivity index (χ3v) is 3.73. The van der Waals surface area contributed by atoms with E-state index < -0.39 is 5.97 Å². The molecule has 0 saturated heterocycles. The van der Waals surface area contributed by atoms with Gasteiger partial charge in [-0.3, -0.25) is 4.79 Å². The smallest absolute Gasteiger partial charge is 0.303 e. The van der Waals surface area contributed by atoms with Crippen LogP contribution in [0.4, 0.5) is 0 Å². The summed E-state index contributed by atoms with van der Waals surface area (Å²) in [4.78, 5) is 10.4. The van der Waals surface area contributed by atoms with Crippen molar-refractivity contribution in [3.8, 4) is 0 Å². The monoisotopic (exact) mass is 234 g/mol. The Balaban J connectivity index is 2.31. The van der Waals surface area contributed by atoms with Gasteiger partial charge in [-0.1, -0.05) is 35.2 Å². The van der Waals surface area contributed by atoms with Crippen molar-refractivity contribution >= 4 is 21.9 Å². The number of hydrogen-bond acceptors (Lipinski definition) is 1. The van der Waals surface area contributed by atoms with Gasteiger partial charge in [-0.2, -0.15) is 0 Å². The van der Waals surface area contributed by atoms with Crippen molar-refractivity contribution in [3.63, 3.8) is 0 Å². The summed E-state index contributed by atoms with van der Waals surface area (Å²) in [6.45, 7) is 0. The van der Waals surface area contributed by atoms with Crippen LogP contribution >= 0.6 is 15.9 Å². The maximum atomic E-state index is 10.4. The molecule has 1 N–H and O–H groups in total. The highest BCUT2D eigenvalue weighted by molar-refractivity contribution is 9.10. The molecule has 70 valence electrons. The summed E-state index contributed by atoms with van der Waals surface area (Å²) in [7, 11) is 0. The summed E-state index contributed by atoms with van der Waals surface area (Å²) in [6, 6.07) is 0. The third kappa shape index (κ3) is 3.13. The number of halogens is 1. The fourth-order valence-corrected chi connectivity index (χ4v) is 2.53. The molecule has 1 rings (SSSR count). The van der Waals surface area contributed by atoms with Crippen LogP contribution in [0.5, 0.6) is 0 Å². The maximum absolute atomic E-state index is 10.4. The van der Waals surface area contributed by atoms with Gasteiger partial charge in [0, 0.05) is 10.7 Å². The van der Waals surface area contributed by atoms with Crippen molar-refractivity contribution in [1.29, 1.82) is 0 Å².